The molecule has 0 aliphatic heterocycles. The number of allylic oxidation sites excluding steroid dienone is 6. The van der Waals surface area contributed by atoms with Gasteiger partial charge in [-0.15, -0.1) is 0 Å². The summed E-state index contributed by atoms with van der Waals surface area (Å²) < 4.78 is 33.6. The average Bonchev–Trinajstić information content (AvgIpc) is 3.23. The van der Waals surface area contributed by atoms with E-state index in [1.54, 1.807) is 0 Å². The number of esters is 1. The third kappa shape index (κ3) is 47.6. The second kappa shape index (κ2) is 47.8. The second-order valence-corrected chi connectivity index (χ2v) is 18.1. The van der Waals surface area contributed by atoms with Gasteiger partial charge in [-0.25, -0.2) is 4.57 Å². The molecule has 2 unspecified atom stereocenters. The lowest BCUT2D eigenvalue weighted by Crippen LogP contribution is -2.28. The maximum Gasteiger partial charge on any atom is 0.472 e. The van der Waals surface area contributed by atoms with Gasteiger partial charge in [0.1, 0.15) is 6.10 Å². The van der Waals surface area contributed by atoms with E-state index in [4.69, 9.17) is 24.3 Å². The molecule has 59 heavy (non-hydrogen) atoms. The van der Waals surface area contributed by atoms with Gasteiger partial charge in [0.25, 0.3) is 0 Å². The van der Waals surface area contributed by atoms with Gasteiger partial charge in [-0.1, -0.05) is 198 Å². The minimum atomic E-state index is -4.28. The van der Waals surface area contributed by atoms with Gasteiger partial charge in [0.2, 0.25) is 0 Å². The number of nitrogens with two attached hydrogens (primary N) is 1. The molecule has 0 saturated heterocycles. The van der Waals surface area contributed by atoms with Crippen LogP contribution < -0.4 is 5.73 Å². The molecule has 2 atom stereocenters. The van der Waals surface area contributed by atoms with Crippen LogP contribution >= 0.6 is 7.82 Å². The van der Waals surface area contributed by atoms with Crippen molar-refractivity contribution in [3.05, 3.63) is 36.5 Å². The fraction of sp³-hybridized carbons (Fsp3) is 0.860. The quantitative estimate of drug-likeness (QED) is 0.0269. The molecule has 0 spiro atoms. The molecule has 0 saturated carbocycles. The highest BCUT2D eigenvalue weighted by atomic mass is 31.2. The molecule has 0 aliphatic rings. The Kier molecular flexibility index (Phi) is 46.7. The Morgan fingerprint density at radius 1 is 0.508 bits per heavy atom. The fourth-order valence-electron chi connectivity index (χ4n) is 7.08. The molecule has 0 rings (SSSR count). The number of phosphoric acid groups is 1. The Morgan fingerprint density at radius 3 is 1.34 bits per heavy atom. The van der Waals surface area contributed by atoms with Crippen LogP contribution in [-0.2, 0) is 27.9 Å². The second-order valence-electron chi connectivity index (χ2n) is 16.7. The highest BCUT2D eigenvalue weighted by Crippen LogP contribution is 2.43. The van der Waals surface area contributed by atoms with E-state index in [0.29, 0.717) is 13.0 Å². The Labute approximate surface area is 365 Å². The summed E-state index contributed by atoms with van der Waals surface area (Å²) >= 11 is 0. The summed E-state index contributed by atoms with van der Waals surface area (Å²) in [5.41, 5.74) is 5.38. The van der Waals surface area contributed by atoms with Crippen molar-refractivity contribution in [2.24, 2.45) is 5.73 Å². The number of hydrogen-bond donors (Lipinski definition) is 2. The average molecular weight is 854 g/mol. The maximum absolute atomic E-state index is 12.6. The zero-order chi connectivity index (χ0) is 43.0. The topological polar surface area (TPSA) is 117 Å². The lowest BCUT2D eigenvalue weighted by molar-refractivity contribution is -0.154. The third-order valence-corrected chi connectivity index (χ3v) is 11.8. The predicted octanol–water partition coefficient (Wildman–Crippen LogP) is 15.4. The van der Waals surface area contributed by atoms with Crippen molar-refractivity contribution in [2.45, 2.75) is 245 Å². The van der Waals surface area contributed by atoms with Gasteiger partial charge < -0.3 is 20.1 Å². The van der Waals surface area contributed by atoms with Crippen LogP contribution in [0.4, 0.5) is 0 Å². The molecule has 0 bridgehead atoms. The first-order valence-electron chi connectivity index (χ1n) is 25.0. The minimum Gasteiger partial charge on any atom is -0.457 e. The van der Waals surface area contributed by atoms with Crippen LogP contribution in [0.1, 0.15) is 239 Å². The zero-order valence-electron chi connectivity index (χ0n) is 38.7. The summed E-state index contributed by atoms with van der Waals surface area (Å²) in [6.45, 7) is 4.93. The van der Waals surface area contributed by atoms with Crippen molar-refractivity contribution in [1.29, 1.82) is 0 Å². The summed E-state index contributed by atoms with van der Waals surface area (Å²) in [5.74, 6) is -0.333. The summed E-state index contributed by atoms with van der Waals surface area (Å²) in [7, 11) is -4.28. The molecule has 9 heteroatoms. The van der Waals surface area contributed by atoms with Crippen LogP contribution in [0, 0.1) is 0 Å². The number of carbonyl (C=O) groups excluding carboxylic acids is 1. The van der Waals surface area contributed by atoms with Crippen LogP contribution in [-0.4, -0.2) is 49.9 Å². The molecule has 0 fully saturated rings. The van der Waals surface area contributed by atoms with Crippen LogP contribution in [0.3, 0.4) is 0 Å². The first-order chi connectivity index (χ1) is 28.9. The van der Waals surface area contributed by atoms with Crippen molar-refractivity contribution >= 4 is 13.8 Å². The summed E-state index contributed by atoms with van der Waals surface area (Å²) in [5, 5.41) is 0. The number of ether oxygens (including phenoxy) is 2. The molecule has 0 aromatic carbocycles. The lowest BCUT2D eigenvalue weighted by atomic mass is 10.1. The van der Waals surface area contributed by atoms with E-state index in [1.165, 1.54) is 180 Å². The van der Waals surface area contributed by atoms with Crippen molar-refractivity contribution < 1.29 is 32.8 Å². The largest absolute Gasteiger partial charge is 0.472 e. The first kappa shape index (κ1) is 57.7. The van der Waals surface area contributed by atoms with Crippen LogP contribution in [0.2, 0.25) is 0 Å². The fourth-order valence-corrected chi connectivity index (χ4v) is 7.85. The monoisotopic (exact) mass is 854 g/mol. The van der Waals surface area contributed by atoms with Gasteiger partial charge >= 0.3 is 13.8 Å². The maximum atomic E-state index is 12.6. The van der Waals surface area contributed by atoms with Crippen LogP contribution in [0.5, 0.6) is 0 Å². The standard InChI is InChI=1S/C50H96NO7P/c1-3-5-7-9-11-13-15-17-19-21-23-24-25-26-28-30-32-34-36-38-40-42-45-55-47-49(48-57-59(53,54)56-46-44-51)58-50(52)43-41-39-37-35-33-31-29-27-22-20-18-16-14-12-10-8-6-4-2/h15,17,20-23,49H,3-14,16,18-19,24-48,51H2,1-2H3,(H,53,54)/b17-15-,22-20-,23-21-. The van der Waals surface area contributed by atoms with Crippen molar-refractivity contribution in [1.82, 2.24) is 0 Å². The molecule has 348 valence electrons. The van der Waals surface area contributed by atoms with Crippen molar-refractivity contribution in [2.75, 3.05) is 33.0 Å². The van der Waals surface area contributed by atoms with E-state index >= 15 is 0 Å². The molecule has 8 nitrogen and oxygen atoms in total. The van der Waals surface area contributed by atoms with Gasteiger partial charge in [-0.05, 0) is 70.6 Å². The van der Waals surface area contributed by atoms with Gasteiger partial charge in [-0.2, -0.15) is 0 Å². The van der Waals surface area contributed by atoms with E-state index in [9.17, 15) is 14.3 Å². The Morgan fingerprint density at radius 2 is 0.898 bits per heavy atom. The van der Waals surface area contributed by atoms with Crippen molar-refractivity contribution in [3.8, 4) is 0 Å². The molecule has 3 N–H and O–H groups in total. The lowest BCUT2D eigenvalue weighted by Gasteiger charge is -2.20. The summed E-state index contributed by atoms with van der Waals surface area (Å²) in [6.07, 6.45) is 56.0. The van der Waals surface area contributed by atoms with E-state index < -0.39 is 13.9 Å². The molecule has 0 radical (unpaired) electrons. The number of unbranched alkanes of at least 4 members (excludes halogenated alkanes) is 29. The molecule has 0 heterocycles. The van der Waals surface area contributed by atoms with E-state index in [0.717, 1.165) is 38.5 Å². The van der Waals surface area contributed by atoms with Crippen LogP contribution in [0.15, 0.2) is 36.5 Å². The molecule has 0 aromatic rings. The van der Waals surface area contributed by atoms with E-state index in [-0.39, 0.29) is 32.3 Å². The smallest absolute Gasteiger partial charge is 0.457 e. The number of carbonyl (C=O) groups is 1. The zero-order valence-corrected chi connectivity index (χ0v) is 39.6. The normalized spacial score (nSPS) is 13.6. The molecular formula is C50H96NO7P. The summed E-state index contributed by atoms with van der Waals surface area (Å²) in [4.78, 5) is 22.6. The van der Waals surface area contributed by atoms with Gasteiger partial charge in [0.05, 0.1) is 19.8 Å². The Balaban J connectivity index is 3.95. The molecular weight excluding hydrogens is 758 g/mol. The van der Waals surface area contributed by atoms with Gasteiger partial charge in [-0.3, -0.25) is 13.8 Å². The SMILES string of the molecule is CCCCCCC/C=C\C/C=C\CCCCCCCCCCCCOCC(COP(=O)(O)OCCN)OC(=O)CCCCCCCCC/C=C\CCCCCCCCC. The minimum absolute atomic E-state index is 0.0964. The van der Waals surface area contributed by atoms with Gasteiger partial charge in [0, 0.05) is 19.6 Å². The van der Waals surface area contributed by atoms with E-state index in [1.807, 2.05) is 0 Å². The molecule has 0 aliphatic carbocycles. The summed E-state index contributed by atoms with van der Waals surface area (Å²) in [6, 6.07) is 0. The highest BCUT2D eigenvalue weighted by Gasteiger charge is 2.25. The first-order valence-corrected chi connectivity index (χ1v) is 26.5. The molecule has 0 amide bonds. The Bertz CT molecular complexity index is 1000. The van der Waals surface area contributed by atoms with E-state index in [2.05, 4.69) is 50.3 Å². The molecule has 0 aromatic heterocycles. The van der Waals surface area contributed by atoms with Gasteiger partial charge in [0.15, 0.2) is 0 Å². The number of hydrogen-bond acceptors (Lipinski definition) is 7. The predicted molar refractivity (Wildman–Crippen MR) is 252 cm³/mol. The Hall–Kier alpha value is -1.28. The van der Waals surface area contributed by atoms with Crippen LogP contribution in [0.25, 0.3) is 0 Å². The van der Waals surface area contributed by atoms with Crippen molar-refractivity contribution in [3.63, 3.8) is 0 Å². The number of rotatable bonds is 48. The highest BCUT2D eigenvalue weighted by molar-refractivity contribution is 7.47. The third-order valence-electron chi connectivity index (χ3n) is 10.8. The number of phosphoric ester groups is 1.